The average molecular weight is 338 g/mol. The Morgan fingerprint density at radius 1 is 1.17 bits per heavy atom. The van der Waals surface area contributed by atoms with Crippen molar-refractivity contribution in [1.82, 2.24) is 24.3 Å². The molecule has 23 heavy (non-hydrogen) atoms. The first-order valence-corrected chi connectivity index (χ1v) is 8.68. The van der Waals surface area contributed by atoms with Gasteiger partial charge in [0.25, 0.3) is 10.0 Å². The summed E-state index contributed by atoms with van der Waals surface area (Å²) in [6.45, 7) is 0.544. The third-order valence-electron chi connectivity index (χ3n) is 3.86. The van der Waals surface area contributed by atoms with Crippen LogP contribution in [-0.4, -0.2) is 46.5 Å². The van der Waals surface area contributed by atoms with Crippen LogP contribution < -0.4 is 9.62 Å². The van der Waals surface area contributed by atoms with Gasteiger partial charge in [0.05, 0.1) is 12.4 Å². The summed E-state index contributed by atoms with van der Waals surface area (Å²) in [5.74, 6) is 0.380. The lowest BCUT2D eigenvalue weighted by atomic mass is 10.1. The topological polar surface area (TPSA) is 102 Å². The quantitative estimate of drug-likeness (QED) is 0.819. The lowest BCUT2D eigenvalue weighted by molar-refractivity contribution is -0.121. The number of aryl methyl sites for hydroxylation is 2. The monoisotopic (exact) mass is 338 g/mol. The van der Waals surface area contributed by atoms with Crippen molar-refractivity contribution in [3.63, 3.8) is 0 Å². The van der Waals surface area contributed by atoms with E-state index in [4.69, 9.17) is 0 Å². The summed E-state index contributed by atoms with van der Waals surface area (Å²) in [4.78, 5) is 14.2. The first kappa shape index (κ1) is 15.7. The van der Waals surface area contributed by atoms with Gasteiger partial charge in [0.1, 0.15) is 11.9 Å². The molecule has 1 atom stereocenters. The van der Waals surface area contributed by atoms with Gasteiger partial charge in [-0.3, -0.25) is 19.1 Å². The van der Waals surface area contributed by atoms with Gasteiger partial charge < -0.3 is 0 Å². The standard InChI is InChI=1S/C13H18N6O3S/c1-17-11(5-7-14-17)19-9-3-4-10(13(19)20)16-23(21,22)12-6-8-15-18(12)2/h5-8,10,16H,3-4,9H2,1-2H3. The van der Waals surface area contributed by atoms with E-state index in [1.807, 2.05) is 0 Å². The normalized spacial score (nSPS) is 19.3. The Bertz CT molecular complexity index is 824. The summed E-state index contributed by atoms with van der Waals surface area (Å²) in [5.41, 5.74) is 0. The van der Waals surface area contributed by atoms with Crippen LogP contribution in [0.1, 0.15) is 12.8 Å². The van der Waals surface area contributed by atoms with Gasteiger partial charge in [-0.15, -0.1) is 0 Å². The number of amides is 1. The number of carbonyl (C=O) groups excluding carboxylic acids is 1. The first-order valence-electron chi connectivity index (χ1n) is 7.20. The summed E-state index contributed by atoms with van der Waals surface area (Å²) >= 11 is 0. The number of hydrogen-bond acceptors (Lipinski definition) is 5. The Morgan fingerprint density at radius 2 is 1.87 bits per heavy atom. The molecule has 0 aliphatic carbocycles. The molecule has 1 saturated heterocycles. The van der Waals surface area contributed by atoms with Crippen molar-refractivity contribution in [2.45, 2.75) is 23.9 Å². The molecule has 3 heterocycles. The van der Waals surface area contributed by atoms with Crippen LogP contribution in [0, 0.1) is 0 Å². The van der Waals surface area contributed by atoms with E-state index >= 15 is 0 Å². The maximum Gasteiger partial charge on any atom is 0.258 e. The molecule has 1 aliphatic rings. The molecule has 0 aromatic carbocycles. The van der Waals surface area contributed by atoms with Crippen LogP contribution in [-0.2, 0) is 28.9 Å². The molecule has 0 bridgehead atoms. The molecule has 3 rings (SSSR count). The predicted molar refractivity (Wildman–Crippen MR) is 82.1 cm³/mol. The molecule has 2 aromatic rings. The highest BCUT2D eigenvalue weighted by molar-refractivity contribution is 7.89. The number of sulfonamides is 1. The van der Waals surface area contributed by atoms with Crippen molar-refractivity contribution in [3.8, 4) is 0 Å². The minimum absolute atomic E-state index is 0.0305. The van der Waals surface area contributed by atoms with Crippen LogP contribution in [0.2, 0.25) is 0 Å². The summed E-state index contributed by atoms with van der Waals surface area (Å²) in [5, 5.41) is 7.93. The molecular formula is C13H18N6O3S. The SMILES string of the molecule is Cn1nccc1N1CCCC(NS(=O)(=O)c2ccnn2C)C1=O. The fourth-order valence-electron chi connectivity index (χ4n) is 2.72. The second-order valence-corrected chi connectivity index (χ2v) is 7.07. The van der Waals surface area contributed by atoms with Crippen molar-refractivity contribution in [1.29, 1.82) is 0 Å². The second-order valence-electron chi connectivity index (χ2n) is 5.41. The molecule has 0 spiro atoms. The van der Waals surface area contributed by atoms with Gasteiger partial charge in [-0.25, -0.2) is 8.42 Å². The molecule has 124 valence electrons. The molecule has 10 heteroatoms. The van der Waals surface area contributed by atoms with Gasteiger partial charge in [0.15, 0.2) is 5.03 Å². The number of piperidine rings is 1. The number of nitrogens with zero attached hydrogens (tertiary/aromatic N) is 5. The van der Waals surface area contributed by atoms with Gasteiger partial charge in [0, 0.05) is 26.7 Å². The number of carbonyl (C=O) groups is 1. The molecule has 1 fully saturated rings. The predicted octanol–water partition coefficient (Wildman–Crippen LogP) is -0.372. The largest absolute Gasteiger partial charge is 0.296 e. The highest BCUT2D eigenvalue weighted by Crippen LogP contribution is 2.21. The molecule has 1 amide bonds. The summed E-state index contributed by atoms with van der Waals surface area (Å²) in [7, 11) is -0.519. The Balaban J connectivity index is 1.82. The fraction of sp³-hybridized carbons (Fsp3) is 0.462. The first-order chi connectivity index (χ1) is 10.9. The fourth-order valence-corrected chi connectivity index (χ4v) is 4.07. The molecule has 1 N–H and O–H groups in total. The summed E-state index contributed by atoms with van der Waals surface area (Å²) in [6, 6.07) is 2.34. The number of aromatic nitrogens is 4. The zero-order valence-corrected chi connectivity index (χ0v) is 13.7. The van der Waals surface area contributed by atoms with Gasteiger partial charge in [-0.2, -0.15) is 14.9 Å². The van der Waals surface area contributed by atoms with Crippen LogP contribution in [0.3, 0.4) is 0 Å². The van der Waals surface area contributed by atoms with E-state index in [0.717, 1.165) is 0 Å². The average Bonchev–Trinajstić information content (AvgIpc) is 3.10. The third-order valence-corrected chi connectivity index (χ3v) is 5.40. The number of rotatable bonds is 4. The maximum absolute atomic E-state index is 12.6. The Morgan fingerprint density at radius 3 is 2.48 bits per heavy atom. The van der Waals surface area contributed by atoms with E-state index < -0.39 is 16.1 Å². The van der Waals surface area contributed by atoms with Crippen LogP contribution >= 0.6 is 0 Å². The van der Waals surface area contributed by atoms with Crippen molar-refractivity contribution in [2.75, 3.05) is 11.4 Å². The van der Waals surface area contributed by atoms with E-state index in [-0.39, 0.29) is 10.9 Å². The highest BCUT2D eigenvalue weighted by Gasteiger charge is 2.34. The van der Waals surface area contributed by atoms with Gasteiger partial charge >= 0.3 is 0 Å². The summed E-state index contributed by atoms with van der Waals surface area (Å²) < 4.78 is 30.2. The zero-order chi connectivity index (χ0) is 16.6. The van der Waals surface area contributed by atoms with Crippen LogP contribution in [0.5, 0.6) is 0 Å². The molecule has 0 saturated carbocycles. The Kier molecular flexibility index (Phi) is 3.94. The van der Waals surface area contributed by atoms with E-state index in [1.165, 1.54) is 16.9 Å². The van der Waals surface area contributed by atoms with E-state index in [0.29, 0.717) is 25.2 Å². The van der Waals surface area contributed by atoms with Crippen LogP contribution in [0.4, 0.5) is 5.82 Å². The molecular weight excluding hydrogens is 320 g/mol. The van der Waals surface area contributed by atoms with Crippen molar-refractivity contribution < 1.29 is 13.2 Å². The lowest BCUT2D eigenvalue weighted by Crippen LogP contribution is -2.53. The number of nitrogens with one attached hydrogen (secondary N) is 1. The van der Waals surface area contributed by atoms with Crippen LogP contribution in [0.15, 0.2) is 29.6 Å². The smallest absolute Gasteiger partial charge is 0.258 e. The summed E-state index contributed by atoms with van der Waals surface area (Å²) in [6.07, 6.45) is 4.17. The van der Waals surface area contributed by atoms with Crippen LogP contribution in [0.25, 0.3) is 0 Å². The Hall–Kier alpha value is -2.20. The van der Waals surface area contributed by atoms with Gasteiger partial charge in [0.2, 0.25) is 5.91 Å². The van der Waals surface area contributed by atoms with E-state index in [2.05, 4.69) is 14.9 Å². The molecule has 1 unspecified atom stereocenters. The van der Waals surface area contributed by atoms with Crippen molar-refractivity contribution in [3.05, 3.63) is 24.5 Å². The number of anilines is 1. The molecule has 0 radical (unpaired) electrons. The highest BCUT2D eigenvalue weighted by atomic mass is 32.2. The lowest BCUT2D eigenvalue weighted by Gasteiger charge is -2.32. The van der Waals surface area contributed by atoms with Crippen molar-refractivity contribution in [2.24, 2.45) is 14.1 Å². The minimum Gasteiger partial charge on any atom is -0.296 e. The Labute approximate surface area is 133 Å². The number of hydrogen-bond donors (Lipinski definition) is 1. The third kappa shape index (κ3) is 2.86. The maximum atomic E-state index is 12.6. The van der Waals surface area contributed by atoms with E-state index in [1.54, 1.807) is 35.9 Å². The van der Waals surface area contributed by atoms with Crippen molar-refractivity contribution >= 4 is 21.7 Å². The zero-order valence-electron chi connectivity index (χ0n) is 12.9. The van der Waals surface area contributed by atoms with Gasteiger partial charge in [-0.1, -0.05) is 0 Å². The molecule has 9 nitrogen and oxygen atoms in total. The molecule has 2 aromatic heterocycles. The van der Waals surface area contributed by atoms with Gasteiger partial charge in [-0.05, 0) is 18.9 Å². The van der Waals surface area contributed by atoms with E-state index in [9.17, 15) is 13.2 Å². The second kappa shape index (κ2) is 5.78. The molecule has 1 aliphatic heterocycles. The minimum atomic E-state index is -3.80.